The third-order valence-electron chi connectivity index (χ3n) is 12.8. The number of aromatic amines is 1. The summed E-state index contributed by atoms with van der Waals surface area (Å²) in [6.07, 6.45) is 0. The maximum Gasteiger partial charge on any atom is 0.0544 e. The molecule has 268 valence electrons. The highest BCUT2D eigenvalue weighted by Crippen LogP contribution is 2.54. The number of hydrogen-bond donors (Lipinski definition) is 1. The monoisotopic (exact) mass is 718 g/mol. The highest BCUT2D eigenvalue weighted by molar-refractivity contribution is 6.12. The molecule has 2 aliphatic carbocycles. The van der Waals surface area contributed by atoms with E-state index in [0.29, 0.717) is 0 Å². The number of nitrogens with zero attached hydrogens (tertiary/aromatic N) is 1. The summed E-state index contributed by atoms with van der Waals surface area (Å²) in [6.45, 7) is 9.49. The van der Waals surface area contributed by atoms with Gasteiger partial charge in [0, 0.05) is 49.7 Å². The maximum atomic E-state index is 3.73. The van der Waals surface area contributed by atoms with Gasteiger partial charge in [-0.3, -0.25) is 0 Å². The number of fused-ring (bicyclic) bond motifs is 9. The molecule has 1 heterocycles. The zero-order chi connectivity index (χ0) is 37.8. The van der Waals surface area contributed by atoms with Crippen molar-refractivity contribution in [3.63, 3.8) is 0 Å². The van der Waals surface area contributed by atoms with Gasteiger partial charge in [-0.15, -0.1) is 0 Å². The highest BCUT2D eigenvalue weighted by Gasteiger charge is 2.38. The molecule has 2 heteroatoms. The van der Waals surface area contributed by atoms with E-state index in [9.17, 15) is 0 Å². The van der Waals surface area contributed by atoms with E-state index in [1.807, 2.05) is 0 Å². The summed E-state index contributed by atoms with van der Waals surface area (Å²) in [6, 6.07) is 65.2. The lowest BCUT2D eigenvalue weighted by Crippen LogP contribution is -2.17. The molecule has 0 radical (unpaired) electrons. The van der Waals surface area contributed by atoms with Crippen molar-refractivity contribution in [3.05, 3.63) is 198 Å². The van der Waals surface area contributed by atoms with Gasteiger partial charge in [0.25, 0.3) is 0 Å². The van der Waals surface area contributed by atoms with E-state index in [1.54, 1.807) is 0 Å². The van der Waals surface area contributed by atoms with Crippen LogP contribution in [0, 0.1) is 0 Å². The lowest BCUT2D eigenvalue weighted by Gasteiger charge is -2.29. The largest absolute Gasteiger partial charge is 0.354 e. The molecular weight excluding hydrogens is 677 g/mol. The minimum Gasteiger partial charge on any atom is -0.354 e. The van der Waals surface area contributed by atoms with Crippen molar-refractivity contribution in [1.29, 1.82) is 0 Å². The molecule has 1 aromatic heterocycles. The van der Waals surface area contributed by atoms with Gasteiger partial charge >= 0.3 is 0 Å². The summed E-state index contributed by atoms with van der Waals surface area (Å²) in [5, 5.41) is 2.53. The molecule has 2 nitrogen and oxygen atoms in total. The van der Waals surface area contributed by atoms with Crippen LogP contribution >= 0.6 is 0 Å². The molecule has 2 aliphatic rings. The number of para-hydroxylation sites is 2. The van der Waals surface area contributed by atoms with Gasteiger partial charge in [-0.25, -0.2) is 0 Å². The van der Waals surface area contributed by atoms with Gasteiger partial charge in [0.1, 0.15) is 0 Å². The van der Waals surface area contributed by atoms with Gasteiger partial charge < -0.3 is 9.88 Å². The molecule has 0 fully saturated rings. The number of benzene rings is 8. The van der Waals surface area contributed by atoms with Crippen LogP contribution in [0.1, 0.15) is 49.9 Å². The smallest absolute Gasteiger partial charge is 0.0544 e. The third-order valence-corrected chi connectivity index (χ3v) is 12.8. The summed E-state index contributed by atoms with van der Waals surface area (Å²) >= 11 is 0. The van der Waals surface area contributed by atoms with Crippen molar-refractivity contribution >= 4 is 38.9 Å². The minimum atomic E-state index is -0.154. The maximum absolute atomic E-state index is 3.73. The van der Waals surface area contributed by atoms with Crippen molar-refractivity contribution in [2.24, 2.45) is 0 Å². The SMILES string of the molecule is CC1(C)c2ccc(N(c3ccc(-c4ccccc4)cc3)c3ccc4c(c3)C(C)(C)c3ccccc3-4)cc2-c2ccc(-c3cccc4c3[nH]c3ccccc34)cc21. The molecule has 0 spiro atoms. The summed E-state index contributed by atoms with van der Waals surface area (Å²) in [4.78, 5) is 6.18. The van der Waals surface area contributed by atoms with Crippen LogP contribution in [0.2, 0.25) is 0 Å². The third kappa shape index (κ3) is 4.75. The molecule has 0 saturated heterocycles. The fourth-order valence-electron chi connectivity index (χ4n) is 9.87. The van der Waals surface area contributed by atoms with Gasteiger partial charge in [-0.05, 0) is 110 Å². The lowest BCUT2D eigenvalue weighted by molar-refractivity contribution is 0.660. The van der Waals surface area contributed by atoms with Crippen LogP contribution in [-0.2, 0) is 10.8 Å². The van der Waals surface area contributed by atoms with E-state index in [-0.39, 0.29) is 10.8 Å². The molecule has 0 saturated carbocycles. The van der Waals surface area contributed by atoms with Gasteiger partial charge in [0.05, 0.1) is 5.52 Å². The number of hydrogen-bond acceptors (Lipinski definition) is 1. The van der Waals surface area contributed by atoms with Gasteiger partial charge in [-0.1, -0.05) is 155 Å². The average molecular weight is 719 g/mol. The standard InChI is InChI=1S/C54H42N2/c1-53(2)47-19-10-8-15-41(47)42-29-26-39(33-50(42)53)56(37-24-21-35(22-25-37)34-13-6-5-7-14-34)38-27-30-48-46(32-38)43-28-23-36(31-49(43)54(48,3)4)40-17-12-18-45-44-16-9-11-20-51(44)55-52(40)45/h5-33,55H,1-4H3. The Hall–Kier alpha value is -6.64. The number of nitrogens with one attached hydrogen (secondary N) is 1. The van der Waals surface area contributed by atoms with Crippen molar-refractivity contribution in [3.8, 4) is 44.5 Å². The quantitative estimate of drug-likeness (QED) is 0.188. The minimum absolute atomic E-state index is 0.0967. The van der Waals surface area contributed by atoms with Crippen LogP contribution < -0.4 is 4.90 Å². The topological polar surface area (TPSA) is 19.0 Å². The highest BCUT2D eigenvalue weighted by atomic mass is 15.1. The van der Waals surface area contributed by atoms with E-state index in [1.165, 1.54) is 88.6 Å². The number of aromatic nitrogens is 1. The first-order valence-electron chi connectivity index (χ1n) is 19.8. The van der Waals surface area contributed by atoms with E-state index < -0.39 is 0 Å². The van der Waals surface area contributed by atoms with Gasteiger partial charge in [-0.2, -0.15) is 0 Å². The predicted octanol–water partition coefficient (Wildman–Crippen LogP) is 14.7. The van der Waals surface area contributed by atoms with E-state index >= 15 is 0 Å². The number of rotatable bonds is 5. The Morgan fingerprint density at radius 2 is 0.911 bits per heavy atom. The fourth-order valence-corrected chi connectivity index (χ4v) is 9.87. The molecule has 0 amide bonds. The van der Waals surface area contributed by atoms with Crippen molar-refractivity contribution in [2.75, 3.05) is 4.90 Å². The Morgan fingerprint density at radius 1 is 0.357 bits per heavy atom. The van der Waals surface area contributed by atoms with Crippen molar-refractivity contribution in [1.82, 2.24) is 4.98 Å². The van der Waals surface area contributed by atoms with Crippen LogP contribution in [-0.4, -0.2) is 4.98 Å². The molecule has 1 N–H and O–H groups in total. The Balaban J connectivity index is 1.05. The fraction of sp³-hybridized carbons (Fsp3) is 0.111. The van der Waals surface area contributed by atoms with Gasteiger partial charge in [0.15, 0.2) is 0 Å². The first kappa shape index (κ1) is 32.8. The zero-order valence-electron chi connectivity index (χ0n) is 32.2. The van der Waals surface area contributed by atoms with Gasteiger partial charge in [0.2, 0.25) is 0 Å². The van der Waals surface area contributed by atoms with Crippen LogP contribution in [0.3, 0.4) is 0 Å². The van der Waals surface area contributed by atoms with Crippen molar-refractivity contribution in [2.45, 2.75) is 38.5 Å². The van der Waals surface area contributed by atoms with E-state index in [4.69, 9.17) is 0 Å². The first-order chi connectivity index (χ1) is 27.3. The predicted molar refractivity (Wildman–Crippen MR) is 236 cm³/mol. The average Bonchev–Trinajstić information content (AvgIpc) is 3.81. The molecule has 0 bridgehead atoms. The van der Waals surface area contributed by atoms with Crippen molar-refractivity contribution < 1.29 is 0 Å². The summed E-state index contributed by atoms with van der Waals surface area (Å²) in [7, 11) is 0. The Morgan fingerprint density at radius 3 is 1.75 bits per heavy atom. The summed E-state index contributed by atoms with van der Waals surface area (Å²) in [5.74, 6) is 0. The molecule has 8 aromatic carbocycles. The molecule has 9 aromatic rings. The Labute approximate surface area is 328 Å². The number of H-pyrrole nitrogens is 1. The van der Waals surface area contributed by atoms with Crippen LogP contribution in [0.25, 0.3) is 66.3 Å². The second kappa shape index (κ2) is 11.9. The van der Waals surface area contributed by atoms with E-state index in [2.05, 4.69) is 214 Å². The van der Waals surface area contributed by atoms with E-state index in [0.717, 1.165) is 17.1 Å². The van der Waals surface area contributed by atoms with Crippen LogP contribution in [0.15, 0.2) is 176 Å². The number of anilines is 3. The molecule has 11 rings (SSSR count). The summed E-state index contributed by atoms with van der Waals surface area (Å²) in [5.41, 5.74) is 21.3. The Kier molecular flexibility index (Phi) is 6.98. The second-order valence-corrected chi connectivity index (χ2v) is 16.7. The molecule has 0 aliphatic heterocycles. The van der Waals surface area contributed by atoms with Crippen LogP contribution in [0.5, 0.6) is 0 Å². The second-order valence-electron chi connectivity index (χ2n) is 16.7. The summed E-state index contributed by atoms with van der Waals surface area (Å²) < 4.78 is 0. The molecule has 0 unspecified atom stereocenters. The normalized spacial score (nSPS) is 14.4. The molecule has 0 atom stereocenters. The molecule has 56 heavy (non-hydrogen) atoms. The zero-order valence-corrected chi connectivity index (χ0v) is 32.2. The lowest BCUT2D eigenvalue weighted by atomic mass is 9.81. The Bertz CT molecular complexity index is 3020. The first-order valence-corrected chi connectivity index (χ1v) is 19.8. The van der Waals surface area contributed by atoms with Crippen LogP contribution in [0.4, 0.5) is 17.1 Å². The molecular formula is C54H42N2.